The number of piperidine rings is 1. The largest absolute Gasteiger partial charge is 0.369 e. The van der Waals surface area contributed by atoms with Crippen LogP contribution in [0.1, 0.15) is 19.8 Å². The zero-order valence-corrected chi connectivity index (χ0v) is 12.6. The van der Waals surface area contributed by atoms with E-state index in [0.29, 0.717) is 13.1 Å². The minimum absolute atomic E-state index is 0.0453. The second-order valence-electron chi connectivity index (χ2n) is 5.11. The highest BCUT2D eigenvalue weighted by molar-refractivity contribution is 8.00. The predicted octanol–water partition coefficient (Wildman–Crippen LogP) is 0.625. The molecule has 1 aliphatic rings. The summed E-state index contributed by atoms with van der Waals surface area (Å²) in [5.74, 6) is -0.478. The average molecular weight is 296 g/mol. The number of thioether (sulfide) groups is 1. The van der Waals surface area contributed by atoms with Gasteiger partial charge in [-0.15, -0.1) is 0 Å². The Kier molecular flexibility index (Phi) is 4.69. The molecule has 2 N–H and O–H groups in total. The molecule has 2 unspecified atom stereocenters. The molecule has 0 radical (unpaired) electrons. The summed E-state index contributed by atoms with van der Waals surface area (Å²) in [5.41, 5.74) is 5.34. The van der Waals surface area contributed by atoms with Gasteiger partial charge in [-0.25, -0.2) is 4.98 Å². The van der Waals surface area contributed by atoms with Crippen molar-refractivity contribution in [2.45, 2.75) is 30.2 Å². The van der Waals surface area contributed by atoms with Crippen molar-refractivity contribution in [1.29, 1.82) is 0 Å². The van der Waals surface area contributed by atoms with Crippen molar-refractivity contribution >= 4 is 23.6 Å². The van der Waals surface area contributed by atoms with Gasteiger partial charge in [-0.1, -0.05) is 11.8 Å². The number of nitrogens with zero attached hydrogens (tertiary/aromatic N) is 3. The molecule has 0 spiro atoms. The quantitative estimate of drug-likeness (QED) is 0.826. The van der Waals surface area contributed by atoms with Crippen LogP contribution in [-0.4, -0.2) is 44.6 Å². The van der Waals surface area contributed by atoms with Gasteiger partial charge in [0.2, 0.25) is 11.8 Å². The van der Waals surface area contributed by atoms with Crippen LogP contribution in [0.2, 0.25) is 0 Å². The van der Waals surface area contributed by atoms with E-state index in [4.69, 9.17) is 5.73 Å². The molecule has 7 heteroatoms. The maximum Gasteiger partial charge on any atom is 0.235 e. The molecule has 0 bridgehead atoms. The fourth-order valence-corrected chi connectivity index (χ4v) is 3.26. The van der Waals surface area contributed by atoms with Crippen LogP contribution >= 0.6 is 11.8 Å². The number of imidazole rings is 1. The number of rotatable bonds is 4. The van der Waals surface area contributed by atoms with Crippen LogP contribution in [0.4, 0.5) is 0 Å². The van der Waals surface area contributed by atoms with Gasteiger partial charge in [0.1, 0.15) is 0 Å². The SMILES string of the molecule is CC(Sc1nccn1C)C(=O)N1CCCC(C(N)=O)C1. The van der Waals surface area contributed by atoms with Gasteiger partial charge in [-0.3, -0.25) is 9.59 Å². The Morgan fingerprint density at radius 3 is 2.90 bits per heavy atom. The van der Waals surface area contributed by atoms with Crippen molar-refractivity contribution < 1.29 is 9.59 Å². The number of amides is 2. The van der Waals surface area contributed by atoms with Crippen LogP contribution in [0, 0.1) is 5.92 Å². The van der Waals surface area contributed by atoms with E-state index in [1.807, 2.05) is 24.7 Å². The van der Waals surface area contributed by atoms with E-state index in [1.54, 1.807) is 11.1 Å². The molecule has 1 aromatic heterocycles. The first-order chi connectivity index (χ1) is 9.49. The van der Waals surface area contributed by atoms with E-state index in [9.17, 15) is 9.59 Å². The fraction of sp³-hybridized carbons (Fsp3) is 0.615. The molecule has 110 valence electrons. The Morgan fingerprint density at radius 1 is 1.55 bits per heavy atom. The molecule has 20 heavy (non-hydrogen) atoms. The molecular weight excluding hydrogens is 276 g/mol. The number of carbonyl (C=O) groups excluding carboxylic acids is 2. The number of hydrogen-bond donors (Lipinski definition) is 1. The molecular formula is C13H20N4O2S. The van der Waals surface area contributed by atoms with Gasteiger partial charge < -0.3 is 15.2 Å². The van der Waals surface area contributed by atoms with Crippen LogP contribution in [-0.2, 0) is 16.6 Å². The highest BCUT2D eigenvalue weighted by atomic mass is 32.2. The molecule has 1 saturated heterocycles. The minimum Gasteiger partial charge on any atom is -0.369 e. The van der Waals surface area contributed by atoms with Crippen LogP contribution in [0.5, 0.6) is 0 Å². The molecule has 6 nitrogen and oxygen atoms in total. The number of nitrogens with two attached hydrogens (primary N) is 1. The third-order valence-electron chi connectivity index (χ3n) is 3.54. The third kappa shape index (κ3) is 3.33. The second-order valence-corrected chi connectivity index (χ2v) is 6.41. The van der Waals surface area contributed by atoms with E-state index in [0.717, 1.165) is 18.0 Å². The average Bonchev–Trinajstić information content (AvgIpc) is 2.83. The van der Waals surface area contributed by atoms with Gasteiger partial charge in [0.25, 0.3) is 0 Å². The number of primary amides is 1. The maximum atomic E-state index is 12.4. The van der Waals surface area contributed by atoms with Gasteiger partial charge in [-0.2, -0.15) is 0 Å². The lowest BCUT2D eigenvalue weighted by Crippen LogP contribution is -2.46. The van der Waals surface area contributed by atoms with Crippen molar-refractivity contribution in [3.8, 4) is 0 Å². The van der Waals surface area contributed by atoms with Crippen molar-refractivity contribution in [3.63, 3.8) is 0 Å². The van der Waals surface area contributed by atoms with E-state index < -0.39 is 0 Å². The van der Waals surface area contributed by atoms with Gasteiger partial charge in [0.15, 0.2) is 5.16 Å². The highest BCUT2D eigenvalue weighted by Gasteiger charge is 2.30. The van der Waals surface area contributed by atoms with Crippen LogP contribution < -0.4 is 5.73 Å². The number of carbonyl (C=O) groups is 2. The van der Waals surface area contributed by atoms with Crippen molar-refractivity contribution in [2.75, 3.05) is 13.1 Å². The maximum absolute atomic E-state index is 12.4. The fourth-order valence-electron chi connectivity index (χ4n) is 2.34. The molecule has 2 amide bonds. The van der Waals surface area contributed by atoms with Gasteiger partial charge >= 0.3 is 0 Å². The molecule has 2 rings (SSSR count). The summed E-state index contributed by atoms with van der Waals surface area (Å²) < 4.78 is 1.89. The summed E-state index contributed by atoms with van der Waals surface area (Å²) in [6, 6.07) is 0. The molecule has 0 aromatic carbocycles. The van der Waals surface area contributed by atoms with Crippen molar-refractivity contribution in [2.24, 2.45) is 18.7 Å². The zero-order chi connectivity index (χ0) is 14.7. The Morgan fingerprint density at radius 2 is 2.30 bits per heavy atom. The lowest BCUT2D eigenvalue weighted by molar-refractivity contribution is -0.134. The highest BCUT2D eigenvalue weighted by Crippen LogP contribution is 2.24. The summed E-state index contributed by atoms with van der Waals surface area (Å²) in [7, 11) is 1.90. The first-order valence-corrected chi connectivity index (χ1v) is 7.59. The van der Waals surface area contributed by atoms with E-state index >= 15 is 0 Å². The normalized spacial score (nSPS) is 20.7. The number of likely N-dealkylation sites (tertiary alicyclic amines) is 1. The minimum atomic E-state index is -0.313. The summed E-state index contributed by atoms with van der Waals surface area (Å²) in [6.07, 6.45) is 5.17. The Labute approximate surface area is 122 Å². The Bertz CT molecular complexity index is 502. The van der Waals surface area contributed by atoms with E-state index in [1.165, 1.54) is 11.8 Å². The lowest BCUT2D eigenvalue weighted by Gasteiger charge is -2.32. The Hall–Kier alpha value is -1.50. The number of aromatic nitrogens is 2. The summed E-state index contributed by atoms with van der Waals surface area (Å²) >= 11 is 1.43. The summed E-state index contributed by atoms with van der Waals surface area (Å²) in [6.45, 7) is 3.02. The molecule has 1 aromatic rings. The topological polar surface area (TPSA) is 81.2 Å². The zero-order valence-electron chi connectivity index (χ0n) is 11.8. The summed E-state index contributed by atoms with van der Waals surface area (Å²) in [4.78, 5) is 29.6. The lowest BCUT2D eigenvalue weighted by atomic mass is 9.97. The third-order valence-corrected chi connectivity index (χ3v) is 4.70. The van der Waals surface area contributed by atoms with Crippen molar-refractivity contribution in [3.05, 3.63) is 12.4 Å². The van der Waals surface area contributed by atoms with Crippen LogP contribution in [0.15, 0.2) is 17.6 Å². The van der Waals surface area contributed by atoms with E-state index in [2.05, 4.69) is 4.98 Å². The van der Waals surface area contributed by atoms with E-state index in [-0.39, 0.29) is 23.0 Å². The van der Waals surface area contributed by atoms with Crippen LogP contribution in [0.25, 0.3) is 0 Å². The molecule has 2 heterocycles. The predicted molar refractivity (Wildman–Crippen MR) is 77.0 cm³/mol. The number of hydrogen-bond acceptors (Lipinski definition) is 4. The van der Waals surface area contributed by atoms with Crippen LogP contribution in [0.3, 0.4) is 0 Å². The van der Waals surface area contributed by atoms with Crippen molar-refractivity contribution in [1.82, 2.24) is 14.5 Å². The molecule has 1 fully saturated rings. The summed E-state index contributed by atoms with van der Waals surface area (Å²) in [5, 5.41) is 0.594. The first kappa shape index (κ1) is 14.9. The van der Waals surface area contributed by atoms with Gasteiger partial charge in [0, 0.05) is 32.5 Å². The molecule has 2 atom stereocenters. The van der Waals surface area contributed by atoms with Gasteiger partial charge in [-0.05, 0) is 19.8 Å². The second kappa shape index (κ2) is 6.30. The van der Waals surface area contributed by atoms with Gasteiger partial charge in [0.05, 0.1) is 11.2 Å². The standard InChI is InChI=1S/C13H20N4O2S/c1-9(20-13-15-5-7-16(13)2)12(19)17-6-3-4-10(8-17)11(14)18/h5,7,9-10H,3-4,6,8H2,1-2H3,(H2,14,18). The molecule has 0 saturated carbocycles. The smallest absolute Gasteiger partial charge is 0.235 e. The number of aryl methyl sites for hydroxylation is 1. The molecule has 1 aliphatic heterocycles. The first-order valence-electron chi connectivity index (χ1n) is 6.71. The Balaban J connectivity index is 1.96. The monoisotopic (exact) mass is 296 g/mol. The molecule has 0 aliphatic carbocycles.